The molecule has 0 aliphatic carbocycles. The number of ether oxygens (including phenoxy) is 2. The van der Waals surface area contributed by atoms with Gasteiger partial charge in [0.1, 0.15) is 0 Å². The summed E-state index contributed by atoms with van der Waals surface area (Å²) in [7, 11) is 1.58. The second-order valence-corrected chi connectivity index (χ2v) is 3.31. The standard InChI is InChI=1S/C11H14F3NO2/c1-16-5-4-15-7-8-2-3-10(9(12)6-8)17-11(13)14/h2-3,6,11,15H,4-5,7H2,1H3. The van der Waals surface area contributed by atoms with Crippen LogP contribution in [0, 0.1) is 5.82 Å². The van der Waals surface area contributed by atoms with Crippen molar-refractivity contribution in [1.29, 1.82) is 0 Å². The van der Waals surface area contributed by atoms with E-state index in [0.717, 1.165) is 6.07 Å². The quantitative estimate of drug-likeness (QED) is 0.751. The summed E-state index contributed by atoms with van der Waals surface area (Å²) in [4.78, 5) is 0. The van der Waals surface area contributed by atoms with Crippen molar-refractivity contribution in [3.05, 3.63) is 29.6 Å². The maximum atomic E-state index is 13.3. The number of halogens is 3. The molecule has 1 aromatic rings. The Bertz CT molecular complexity index is 347. The van der Waals surface area contributed by atoms with Gasteiger partial charge >= 0.3 is 6.61 Å². The second-order valence-electron chi connectivity index (χ2n) is 3.31. The van der Waals surface area contributed by atoms with Crippen LogP contribution in [-0.2, 0) is 11.3 Å². The summed E-state index contributed by atoms with van der Waals surface area (Å²) in [6.45, 7) is -1.40. The van der Waals surface area contributed by atoms with Crippen LogP contribution in [0.1, 0.15) is 5.56 Å². The third-order valence-corrected chi connectivity index (χ3v) is 2.02. The van der Waals surface area contributed by atoms with Crippen molar-refractivity contribution in [3.63, 3.8) is 0 Å². The first kappa shape index (κ1) is 13.8. The van der Waals surface area contributed by atoms with E-state index in [0.29, 0.717) is 25.3 Å². The lowest BCUT2D eigenvalue weighted by Gasteiger charge is -2.08. The number of alkyl halides is 2. The van der Waals surface area contributed by atoms with Gasteiger partial charge in [-0.05, 0) is 17.7 Å². The van der Waals surface area contributed by atoms with E-state index in [1.165, 1.54) is 12.1 Å². The highest BCUT2D eigenvalue weighted by Gasteiger charge is 2.09. The third kappa shape index (κ3) is 5.06. The Hall–Kier alpha value is -1.27. The molecule has 1 rings (SSSR count). The average molecular weight is 249 g/mol. The summed E-state index contributed by atoms with van der Waals surface area (Å²) in [6.07, 6.45) is 0. The summed E-state index contributed by atoms with van der Waals surface area (Å²) >= 11 is 0. The smallest absolute Gasteiger partial charge is 0.387 e. The Labute approximate surface area is 97.5 Å². The molecule has 0 unspecified atom stereocenters. The van der Waals surface area contributed by atoms with Crippen LogP contribution in [0.25, 0.3) is 0 Å². The van der Waals surface area contributed by atoms with E-state index < -0.39 is 18.2 Å². The number of benzene rings is 1. The Balaban J connectivity index is 2.50. The van der Waals surface area contributed by atoms with Crippen molar-refractivity contribution in [2.75, 3.05) is 20.3 Å². The van der Waals surface area contributed by atoms with Crippen molar-refractivity contribution < 1.29 is 22.6 Å². The zero-order valence-electron chi connectivity index (χ0n) is 9.38. The molecule has 3 nitrogen and oxygen atoms in total. The SMILES string of the molecule is COCCNCc1ccc(OC(F)F)c(F)c1. The molecule has 1 N–H and O–H groups in total. The number of nitrogens with one attached hydrogen (secondary N) is 1. The molecule has 0 aromatic heterocycles. The monoisotopic (exact) mass is 249 g/mol. The van der Waals surface area contributed by atoms with Crippen LogP contribution in [0.4, 0.5) is 13.2 Å². The lowest BCUT2D eigenvalue weighted by molar-refractivity contribution is -0.0522. The first-order chi connectivity index (χ1) is 8.13. The number of hydrogen-bond donors (Lipinski definition) is 1. The number of rotatable bonds is 7. The molecule has 0 aliphatic rings. The minimum atomic E-state index is -3.02. The molecule has 0 atom stereocenters. The van der Waals surface area contributed by atoms with Crippen LogP contribution in [-0.4, -0.2) is 26.9 Å². The van der Waals surface area contributed by atoms with Crippen molar-refractivity contribution in [2.24, 2.45) is 0 Å². The summed E-state index contributed by atoms with van der Waals surface area (Å²) in [6, 6.07) is 3.88. The summed E-state index contributed by atoms with van der Waals surface area (Å²) in [5.41, 5.74) is 0.653. The van der Waals surface area contributed by atoms with Crippen LogP contribution < -0.4 is 10.1 Å². The molecule has 0 radical (unpaired) electrons. The largest absolute Gasteiger partial charge is 0.432 e. The Morgan fingerprint density at radius 2 is 2.12 bits per heavy atom. The van der Waals surface area contributed by atoms with Gasteiger partial charge in [0.15, 0.2) is 11.6 Å². The molecular weight excluding hydrogens is 235 g/mol. The van der Waals surface area contributed by atoms with Crippen molar-refractivity contribution in [1.82, 2.24) is 5.32 Å². The van der Waals surface area contributed by atoms with E-state index in [2.05, 4.69) is 10.1 Å². The third-order valence-electron chi connectivity index (χ3n) is 2.02. The van der Waals surface area contributed by atoms with Crippen LogP contribution in [0.2, 0.25) is 0 Å². The highest BCUT2D eigenvalue weighted by atomic mass is 19.3. The van der Waals surface area contributed by atoms with E-state index in [-0.39, 0.29) is 0 Å². The average Bonchev–Trinajstić information content (AvgIpc) is 2.27. The van der Waals surface area contributed by atoms with Gasteiger partial charge in [0.05, 0.1) is 6.61 Å². The fraction of sp³-hybridized carbons (Fsp3) is 0.455. The molecule has 0 aliphatic heterocycles. The zero-order valence-corrected chi connectivity index (χ0v) is 9.38. The molecule has 0 spiro atoms. The van der Waals surface area contributed by atoms with Gasteiger partial charge in [-0.25, -0.2) is 4.39 Å². The van der Waals surface area contributed by atoms with Gasteiger partial charge < -0.3 is 14.8 Å². The normalized spacial score (nSPS) is 10.9. The second kappa shape index (κ2) is 7.13. The summed E-state index contributed by atoms with van der Waals surface area (Å²) < 4.78 is 45.8. The fourth-order valence-corrected chi connectivity index (χ4v) is 1.25. The highest BCUT2D eigenvalue weighted by Crippen LogP contribution is 2.20. The molecule has 96 valence electrons. The lowest BCUT2D eigenvalue weighted by atomic mass is 10.2. The molecule has 17 heavy (non-hydrogen) atoms. The minimum absolute atomic E-state index is 0.440. The Morgan fingerprint density at radius 1 is 1.35 bits per heavy atom. The number of methoxy groups -OCH3 is 1. The molecule has 6 heteroatoms. The van der Waals surface area contributed by atoms with E-state index >= 15 is 0 Å². The summed E-state index contributed by atoms with van der Waals surface area (Å²) in [5, 5.41) is 3.01. The van der Waals surface area contributed by atoms with E-state index in [9.17, 15) is 13.2 Å². The van der Waals surface area contributed by atoms with Crippen LogP contribution in [0.15, 0.2) is 18.2 Å². The van der Waals surface area contributed by atoms with Gasteiger partial charge in [-0.1, -0.05) is 6.07 Å². The molecule has 0 saturated carbocycles. The van der Waals surface area contributed by atoms with Crippen LogP contribution >= 0.6 is 0 Å². The predicted octanol–water partition coefficient (Wildman–Crippen LogP) is 2.16. The molecule has 0 bridgehead atoms. The van der Waals surface area contributed by atoms with Gasteiger partial charge in [0.25, 0.3) is 0 Å². The molecular formula is C11H14F3NO2. The first-order valence-electron chi connectivity index (χ1n) is 5.06. The maximum absolute atomic E-state index is 13.3. The van der Waals surface area contributed by atoms with Gasteiger partial charge in [-0.2, -0.15) is 8.78 Å². The van der Waals surface area contributed by atoms with E-state index in [4.69, 9.17) is 4.74 Å². The fourth-order valence-electron chi connectivity index (χ4n) is 1.25. The van der Waals surface area contributed by atoms with Gasteiger partial charge in [-0.3, -0.25) is 0 Å². The first-order valence-corrected chi connectivity index (χ1v) is 5.06. The molecule has 1 aromatic carbocycles. The molecule has 0 heterocycles. The zero-order chi connectivity index (χ0) is 12.7. The highest BCUT2D eigenvalue weighted by molar-refractivity contribution is 5.29. The van der Waals surface area contributed by atoms with Crippen LogP contribution in [0.3, 0.4) is 0 Å². The van der Waals surface area contributed by atoms with Crippen molar-refractivity contribution >= 4 is 0 Å². The number of hydrogen-bond acceptors (Lipinski definition) is 3. The van der Waals surface area contributed by atoms with Gasteiger partial charge in [0.2, 0.25) is 0 Å². The maximum Gasteiger partial charge on any atom is 0.387 e. The van der Waals surface area contributed by atoms with Crippen molar-refractivity contribution in [3.8, 4) is 5.75 Å². The minimum Gasteiger partial charge on any atom is -0.432 e. The Morgan fingerprint density at radius 3 is 2.71 bits per heavy atom. The Kier molecular flexibility index (Phi) is 5.79. The molecule has 0 fully saturated rings. The van der Waals surface area contributed by atoms with E-state index in [1.54, 1.807) is 7.11 Å². The lowest BCUT2D eigenvalue weighted by Crippen LogP contribution is -2.18. The summed E-state index contributed by atoms with van der Waals surface area (Å²) in [5.74, 6) is -1.24. The van der Waals surface area contributed by atoms with Crippen LogP contribution in [0.5, 0.6) is 5.75 Å². The van der Waals surface area contributed by atoms with E-state index in [1.807, 2.05) is 0 Å². The van der Waals surface area contributed by atoms with Crippen molar-refractivity contribution in [2.45, 2.75) is 13.2 Å². The van der Waals surface area contributed by atoms with Gasteiger partial charge in [-0.15, -0.1) is 0 Å². The molecule has 0 amide bonds. The molecule has 0 saturated heterocycles. The predicted molar refractivity (Wildman–Crippen MR) is 56.6 cm³/mol. The van der Waals surface area contributed by atoms with Gasteiger partial charge in [0, 0.05) is 20.2 Å². The topological polar surface area (TPSA) is 30.5 Å².